The Morgan fingerprint density at radius 1 is 1.21 bits per heavy atom. The minimum absolute atomic E-state index is 0. The molecule has 1 aliphatic rings. The third-order valence-electron chi connectivity index (χ3n) is 3.74. The molecule has 0 aliphatic carbocycles. The molecule has 1 heterocycles. The van der Waals surface area contributed by atoms with Crippen LogP contribution >= 0.6 is 12.4 Å². The Kier molecular flexibility index (Phi) is 7.50. The van der Waals surface area contributed by atoms with Crippen molar-refractivity contribution in [3.8, 4) is 17.2 Å². The van der Waals surface area contributed by atoms with E-state index in [9.17, 15) is 13.6 Å². The highest BCUT2D eigenvalue weighted by molar-refractivity contribution is 5.95. The maximum atomic E-state index is 12.6. The summed E-state index contributed by atoms with van der Waals surface area (Å²) >= 11 is 0. The molecule has 0 radical (unpaired) electrons. The summed E-state index contributed by atoms with van der Waals surface area (Å²) < 4.78 is 39.6. The zero-order valence-electron chi connectivity index (χ0n) is 13.5. The van der Waals surface area contributed by atoms with Gasteiger partial charge in [0.25, 0.3) is 5.91 Å². The van der Waals surface area contributed by atoms with Crippen molar-refractivity contribution in [1.29, 1.82) is 0 Å². The zero-order valence-corrected chi connectivity index (χ0v) is 14.3. The SMILES string of the molecule is COc1cc(C(=O)N2CCC(N)CC2)cc(OC)c1OC(F)F.Cl. The van der Waals surface area contributed by atoms with Crippen molar-refractivity contribution >= 4 is 18.3 Å². The van der Waals surface area contributed by atoms with Crippen molar-refractivity contribution in [2.45, 2.75) is 25.5 Å². The number of carbonyl (C=O) groups excluding carboxylic acids is 1. The Bertz CT molecular complexity index is 541. The fourth-order valence-electron chi connectivity index (χ4n) is 2.49. The van der Waals surface area contributed by atoms with Gasteiger partial charge in [0, 0.05) is 24.7 Å². The molecule has 1 saturated heterocycles. The number of likely N-dealkylation sites (tertiary alicyclic amines) is 1. The van der Waals surface area contributed by atoms with E-state index >= 15 is 0 Å². The molecule has 136 valence electrons. The Morgan fingerprint density at radius 2 is 1.71 bits per heavy atom. The highest BCUT2D eigenvalue weighted by Crippen LogP contribution is 2.39. The third-order valence-corrected chi connectivity index (χ3v) is 3.74. The Hall–Kier alpha value is -1.80. The number of hydrogen-bond acceptors (Lipinski definition) is 5. The number of nitrogens with zero attached hydrogens (tertiary/aromatic N) is 1. The van der Waals surface area contributed by atoms with E-state index in [1.54, 1.807) is 4.90 Å². The molecule has 0 saturated carbocycles. The van der Waals surface area contributed by atoms with E-state index in [0.29, 0.717) is 13.1 Å². The Labute approximate surface area is 145 Å². The van der Waals surface area contributed by atoms with E-state index in [0.717, 1.165) is 12.8 Å². The summed E-state index contributed by atoms with van der Waals surface area (Å²) in [4.78, 5) is 14.2. The summed E-state index contributed by atoms with van der Waals surface area (Å²) in [6.07, 6.45) is 1.46. The van der Waals surface area contributed by atoms with Crippen molar-refractivity contribution in [1.82, 2.24) is 4.90 Å². The van der Waals surface area contributed by atoms with Crippen LogP contribution in [0.1, 0.15) is 23.2 Å². The molecule has 0 unspecified atom stereocenters. The van der Waals surface area contributed by atoms with E-state index in [4.69, 9.17) is 15.2 Å². The van der Waals surface area contributed by atoms with Crippen LogP contribution in [0, 0.1) is 0 Å². The second kappa shape index (κ2) is 8.89. The van der Waals surface area contributed by atoms with Gasteiger partial charge in [-0.2, -0.15) is 8.78 Å². The van der Waals surface area contributed by atoms with E-state index in [1.165, 1.54) is 26.4 Å². The normalized spacial score (nSPS) is 15.0. The van der Waals surface area contributed by atoms with Gasteiger partial charge in [0.1, 0.15) is 0 Å². The van der Waals surface area contributed by atoms with Gasteiger partial charge in [-0.1, -0.05) is 0 Å². The van der Waals surface area contributed by atoms with Gasteiger partial charge in [0.15, 0.2) is 11.5 Å². The summed E-state index contributed by atoms with van der Waals surface area (Å²) in [7, 11) is 2.61. The molecule has 6 nitrogen and oxygen atoms in total. The van der Waals surface area contributed by atoms with Gasteiger partial charge in [-0.3, -0.25) is 4.79 Å². The topological polar surface area (TPSA) is 74.0 Å². The van der Waals surface area contributed by atoms with Gasteiger partial charge in [-0.15, -0.1) is 12.4 Å². The fourth-order valence-corrected chi connectivity index (χ4v) is 2.49. The van der Waals surface area contributed by atoms with Crippen LogP contribution in [-0.4, -0.2) is 50.8 Å². The largest absolute Gasteiger partial charge is 0.493 e. The second-order valence-electron chi connectivity index (χ2n) is 5.22. The molecule has 0 bridgehead atoms. The monoisotopic (exact) mass is 366 g/mol. The van der Waals surface area contributed by atoms with Crippen LogP contribution in [0.15, 0.2) is 12.1 Å². The number of methoxy groups -OCH3 is 2. The molecule has 0 spiro atoms. The van der Waals surface area contributed by atoms with Gasteiger partial charge in [-0.25, -0.2) is 0 Å². The molecule has 1 amide bonds. The van der Waals surface area contributed by atoms with Crippen molar-refractivity contribution in [2.75, 3.05) is 27.3 Å². The number of benzene rings is 1. The lowest BCUT2D eigenvalue weighted by molar-refractivity contribution is -0.0526. The number of alkyl halides is 2. The van der Waals surface area contributed by atoms with Gasteiger partial charge >= 0.3 is 6.61 Å². The lowest BCUT2D eigenvalue weighted by atomic mass is 10.0. The fraction of sp³-hybridized carbons (Fsp3) is 0.533. The van der Waals surface area contributed by atoms with E-state index < -0.39 is 6.61 Å². The molecule has 1 aromatic rings. The molecule has 1 fully saturated rings. The average molecular weight is 367 g/mol. The van der Waals surface area contributed by atoms with Gasteiger partial charge in [0.05, 0.1) is 14.2 Å². The number of piperidine rings is 1. The molecular weight excluding hydrogens is 346 g/mol. The van der Waals surface area contributed by atoms with Crippen LogP contribution in [0.2, 0.25) is 0 Å². The zero-order chi connectivity index (χ0) is 17.0. The molecule has 2 rings (SSSR count). The van der Waals surface area contributed by atoms with E-state index in [2.05, 4.69) is 4.74 Å². The molecule has 24 heavy (non-hydrogen) atoms. The number of ether oxygens (including phenoxy) is 3. The number of rotatable bonds is 5. The minimum atomic E-state index is -3.03. The molecular formula is C15H21ClF2N2O4. The van der Waals surface area contributed by atoms with Crippen LogP contribution in [-0.2, 0) is 0 Å². The molecule has 1 aromatic carbocycles. The summed E-state index contributed by atoms with van der Waals surface area (Å²) in [5.41, 5.74) is 6.12. The molecule has 2 N–H and O–H groups in total. The van der Waals surface area contributed by atoms with Gasteiger partial charge in [0.2, 0.25) is 5.75 Å². The number of amides is 1. The predicted octanol–water partition coefficient (Wildman–Crippen LogP) is 2.29. The summed E-state index contributed by atoms with van der Waals surface area (Å²) in [5, 5.41) is 0. The summed E-state index contributed by atoms with van der Waals surface area (Å²) in [5.74, 6) is -0.428. The standard InChI is InChI=1S/C15H20F2N2O4.ClH/c1-21-11-7-9(8-12(22-2)13(11)23-15(16)17)14(20)19-5-3-10(18)4-6-19;/h7-8,10,15H,3-6,18H2,1-2H3;1H. The maximum Gasteiger partial charge on any atom is 0.387 e. The molecule has 1 aliphatic heterocycles. The van der Waals surface area contributed by atoms with Crippen LogP contribution in [0.25, 0.3) is 0 Å². The third kappa shape index (κ3) is 4.61. The molecule has 0 aromatic heterocycles. The Morgan fingerprint density at radius 3 is 2.12 bits per heavy atom. The van der Waals surface area contributed by atoms with Crippen LogP contribution < -0.4 is 19.9 Å². The molecule has 9 heteroatoms. The van der Waals surface area contributed by atoms with Gasteiger partial charge in [-0.05, 0) is 25.0 Å². The number of hydrogen-bond donors (Lipinski definition) is 1. The van der Waals surface area contributed by atoms with Crippen molar-refractivity contribution in [2.24, 2.45) is 5.73 Å². The first-order valence-electron chi connectivity index (χ1n) is 7.22. The van der Waals surface area contributed by atoms with Crippen molar-refractivity contribution < 1.29 is 27.8 Å². The maximum absolute atomic E-state index is 12.6. The summed E-state index contributed by atoms with van der Waals surface area (Å²) in [6.45, 7) is -1.91. The first-order valence-corrected chi connectivity index (χ1v) is 7.22. The van der Waals surface area contributed by atoms with Crippen LogP contribution in [0.4, 0.5) is 8.78 Å². The molecule has 0 atom stereocenters. The van der Waals surface area contributed by atoms with Gasteiger partial charge < -0.3 is 24.8 Å². The smallest absolute Gasteiger partial charge is 0.387 e. The first kappa shape index (κ1) is 20.2. The lowest BCUT2D eigenvalue weighted by Gasteiger charge is -2.30. The number of carbonyl (C=O) groups is 1. The minimum Gasteiger partial charge on any atom is -0.493 e. The number of halogens is 3. The summed E-state index contributed by atoms with van der Waals surface area (Å²) in [6, 6.07) is 2.85. The average Bonchev–Trinajstić information content (AvgIpc) is 2.54. The van der Waals surface area contributed by atoms with Crippen LogP contribution in [0.3, 0.4) is 0 Å². The number of nitrogens with two attached hydrogens (primary N) is 1. The quantitative estimate of drug-likeness (QED) is 0.865. The highest BCUT2D eigenvalue weighted by atomic mass is 35.5. The lowest BCUT2D eigenvalue weighted by Crippen LogP contribution is -2.42. The second-order valence-corrected chi connectivity index (χ2v) is 5.22. The van der Waals surface area contributed by atoms with Crippen molar-refractivity contribution in [3.05, 3.63) is 17.7 Å². The van der Waals surface area contributed by atoms with Crippen LogP contribution in [0.5, 0.6) is 17.2 Å². The first-order chi connectivity index (χ1) is 11.0. The van der Waals surface area contributed by atoms with Crippen molar-refractivity contribution in [3.63, 3.8) is 0 Å². The highest BCUT2D eigenvalue weighted by Gasteiger charge is 2.25. The predicted molar refractivity (Wildman–Crippen MR) is 86.5 cm³/mol. The Balaban J connectivity index is 0.00000288. The van der Waals surface area contributed by atoms with E-state index in [-0.39, 0.29) is 47.2 Å². The van der Waals surface area contributed by atoms with E-state index in [1.807, 2.05) is 0 Å².